The van der Waals surface area contributed by atoms with Crippen molar-refractivity contribution in [3.8, 4) is 11.5 Å². The molecule has 160 valence electrons. The lowest BCUT2D eigenvalue weighted by Crippen LogP contribution is -2.05. The molecular weight excluding hydrogens is 444 g/mol. The van der Waals surface area contributed by atoms with E-state index >= 15 is 0 Å². The smallest absolute Gasteiger partial charge is 0.146 e. The Kier molecular flexibility index (Phi) is 15.4. The van der Waals surface area contributed by atoms with Gasteiger partial charge in [0.2, 0.25) is 0 Å². The van der Waals surface area contributed by atoms with Gasteiger partial charge in [-0.05, 0) is 24.3 Å². The largest absolute Gasteiger partial charge is 0.493 e. The number of hydrogen-bond donors (Lipinski definition) is 0. The van der Waals surface area contributed by atoms with Gasteiger partial charge in [0, 0.05) is 23.0 Å². The van der Waals surface area contributed by atoms with Crippen LogP contribution in [0.4, 0.5) is 0 Å². The summed E-state index contributed by atoms with van der Waals surface area (Å²) in [5.74, 6) is 5.67. The van der Waals surface area contributed by atoms with Gasteiger partial charge in [0.1, 0.15) is 18.3 Å². The topological polar surface area (TPSA) is 36.9 Å². The van der Waals surface area contributed by atoms with Crippen molar-refractivity contribution in [1.29, 1.82) is 0 Å². The Balaban J connectivity index is 1.24. The second-order valence-corrected chi connectivity index (χ2v) is 10.9. The molecule has 0 amide bonds. The van der Waals surface area contributed by atoms with E-state index in [1.165, 1.54) is 0 Å². The highest BCUT2D eigenvalue weighted by molar-refractivity contribution is 8.77. The van der Waals surface area contributed by atoms with Crippen LogP contribution in [0.5, 0.6) is 11.5 Å². The second kappa shape index (κ2) is 18.2. The average Bonchev–Trinajstić information content (AvgIpc) is 2.77. The van der Waals surface area contributed by atoms with Gasteiger partial charge in [-0.25, -0.2) is 0 Å². The predicted molar refractivity (Wildman–Crippen MR) is 130 cm³/mol. The minimum absolute atomic E-state index is 0.366. The van der Waals surface area contributed by atoms with Crippen LogP contribution >= 0.6 is 43.2 Å². The van der Waals surface area contributed by atoms with E-state index in [9.17, 15) is 0 Å². The molecule has 0 N–H and O–H groups in total. The Morgan fingerprint density at radius 2 is 0.862 bits per heavy atom. The van der Waals surface area contributed by atoms with Crippen LogP contribution in [0.2, 0.25) is 0 Å². The summed E-state index contributed by atoms with van der Waals surface area (Å²) in [6, 6.07) is 19.8. The SMILES string of the molecule is c1ccc(OCCSSCCOCOCCSSCCOc2ccccc2)cc1. The van der Waals surface area contributed by atoms with Crippen molar-refractivity contribution in [3.63, 3.8) is 0 Å². The van der Waals surface area contributed by atoms with Gasteiger partial charge in [0.15, 0.2) is 0 Å². The van der Waals surface area contributed by atoms with Crippen molar-refractivity contribution in [2.45, 2.75) is 0 Å². The lowest BCUT2D eigenvalue weighted by atomic mass is 10.3. The zero-order valence-corrected chi connectivity index (χ0v) is 19.7. The van der Waals surface area contributed by atoms with E-state index in [-0.39, 0.29) is 0 Å². The molecule has 0 aromatic heterocycles. The summed E-state index contributed by atoms with van der Waals surface area (Å²) in [5.41, 5.74) is 0. The molecule has 2 aromatic rings. The fourth-order valence-corrected chi connectivity index (χ4v) is 5.40. The Morgan fingerprint density at radius 1 is 0.483 bits per heavy atom. The van der Waals surface area contributed by atoms with E-state index in [0.29, 0.717) is 20.0 Å². The monoisotopic (exact) mass is 472 g/mol. The molecule has 0 heterocycles. The van der Waals surface area contributed by atoms with Gasteiger partial charge in [0.25, 0.3) is 0 Å². The molecule has 29 heavy (non-hydrogen) atoms. The molecule has 0 aliphatic rings. The summed E-state index contributed by atoms with van der Waals surface area (Å²) in [7, 11) is 7.22. The van der Waals surface area contributed by atoms with E-state index < -0.39 is 0 Å². The van der Waals surface area contributed by atoms with Crippen LogP contribution in [0.3, 0.4) is 0 Å². The van der Waals surface area contributed by atoms with Crippen molar-refractivity contribution in [2.24, 2.45) is 0 Å². The Labute approximate surface area is 190 Å². The zero-order valence-electron chi connectivity index (χ0n) is 16.4. The maximum atomic E-state index is 5.64. The molecule has 0 aliphatic heterocycles. The van der Waals surface area contributed by atoms with Gasteiger partial charge >= 0.3 is 0 Å². The summed E-state index contributed by atoms with van der Waals surface area (Å²) in [6.45, 7) is 3.22. The van der Waals surface area contributed by atoms with E-state index in [1.807, 2.05) is 60.7 Å². The Morgan fingerprint density at radius 3 is 1.28 bits per heavy atom. The maximum absolute atomic E-state index is 5.64. The van der Waals surface area contributed by atoms with E-state index in [0.717, 1.165) is 47.7 Å². The summed E-state index contributed by atoms with van der Waals surface area (Å²) < 4.78 is 22.2. The third-order valence-corrected chi connectivity index (χ3v) is 7.98. The standard InChI is InChI=1S/C21H28O4S4/c1-3-7-20(8-4-1)24-13-17-28-26-15-11-22-19-23-12-16-27-29-18-14-25-21-9-5-2-6-10-21/h1-10H,11-19H2. The normalized spacial score (nSPS) is 10.8. The van der Waals surface area contributed by atoms with Gasteiger partial charge in [0.05, 0.1) is 26.4 Å². The molecule has 0 radical (unpaired) electrons. The molecule has 0 bridgehead atoms. The van der Waals surface area contributed by atoms with Gasteiger partial charge < -0.3 is 18.9 Å². The molecule has 0 saturated carbocycles. The molecule has 2 rings (SSSR count). The van der Waals surface area contributed by atoms with Crippen LogP contribution < -0.4 is 9.47 Å². The molecule has 0 atom stereocenters. The minimum Gasteiger partial charge on any atom is -0.493 e. The quantitative estimate of drug-likeness (QED) is 0.151. The van der Waals surface area contributed by atoms with E-state index in [2.05, 4.69) is 0 Å². The molecule has 8 heteroatoms. The van der Waals surface area contributed by atoms with E-state index in [4.69, 9.17) is 18.9 Å². The van der Waals surface area contributed by atoms with Gasteiger partial charge in [-0.3, -0.25) is 0 Å². The fourth-order valence-electron chi connectivity index (χ4n) is 2.02. The Bertz CT molecular complexity index is 551. The number of hydrogen-bond acceptors (Lipinski definition) is 8. The van der Waals surface area contributed by atoms with Crippen molar-refractivity contribution >= 4 is 43.2 Å². The first-order chi connectivity index (χ1) is 14.4. The van der Waals surface area contributed by atoms with Gasteiger partial charge in [-0.15, -0.1) is 0 Å². The summed E-state index contributed by atoms with van der Waals surface area (Å²) in [4.78, 5) is 0. The minimum atomic E-state index is 0.366. The molecule has 4 nitrogen and oxygen atoms in total. The summed E-state index contributed by atoms with van der Waals surface area (Å²) in [6.07, 6.45) is 0. The van der Waals surface area contributed by atoms with Crippen LogP contribution in [0.1, 0.15) is 0 Å². The highest BCUT2D eigenvalue weighted by atomic mass is 33.1. The summed E-state index contributed by atoms with van der Waals surface area (Å²) in [5, 5.41) is 0. The zero-order chi connectivity index (χ0) is 20.2. The molecule has 0 aliphatic carbocycles. The number of ether oxygens (including phenoxy) is 4. The molecule has 0 fully saturated rings. The highest BCUT2D eigenvalue weighted by Gasteiger charge is 1.96. The maximum Gasteiger partial charge on any atom is 0.146 e. The van der Waals surface area contributed by atoms with Crippen molar-refractivity contribution in [3.05, 3.63) is 60.7 Å². The fraction of sp³-hybridized carbons (Fsp3) is 0.429. The third-order valence-electron chi connectivity index (χ3n) is 3.31. The molecular formula is C21H28O4S4. The van der Waals surface area contributed by atoms with Crippen molar-refractivity contribution in [2.75, 3.05) is 56.2 Å². The van der Waals surface area contributed by atoms with Crippen LogP contribution in [0, 0.1) is 0 Å². The number of benzene rings is 2. The Hall–Kier alpha value is -0.640. The van der Waals surface area contributed by atoms with Crippen LogP contribution in [0.15, 0.2) is 60.7 Å². The molecule has 0 unspecified atom stereocenters. The van der Waals surface area contributed by atoms with E-state index in [1.54, 1.807) is 43.2 Å². The first-order valence-corrected chi connectivity index (χ1v) is 14.4. The van der Waals surface area contributed by atoms with Gasteiger partial charge in [-0.1, -0.05) is 79.6 Å². The average molecular weight is 473 g/mol. The van der Waals surface area contributed by atoms with Crippen LogP contribution in [0.25, 0.3) is 0 Å². The highest BCUT2D eigenvalue weighted by Crippen LogP contribution is 2.22. The third kappa shape index (κ3) is 14.1. The number of rotatable bonds is 18. The number of para-hydroxylation sites is 2. The van der Waals surface area contributed by atoms with Crippen LogP contribution in [-0.2, 0) is 9.47 Å². The van der Waals surface area contributed by atoms with Crippen molar-refractivity contribution < 1.29 is 18.9 Å². The molecule has 0 spiro atoms. The lowest BCUT2D eigenvalue weighted by molar-refractivity contribution is -0.0425. The lowest BCUT2D eigenvalue weighted by Gasteiger charge is -2.07. The predicted octanol–water partition coefficient (Wildman–Crippen LogP) is 5.90. The summed E-state index contributed by atoms with van der Waals surface area (Å²) >= 11 is 0. The van der Waals surface area contributed by atoms with Gasteiger partial charge in [-0.2, -0.15) is 0 Å². The van der Waals surface area contributed by atoms with Crippen LogP contribution in [-0.4, -0.2) is 56.2 Å². The first-order valence-electron chi connectivity index (χ1n) is 9.45. The molecule has 2 aromatic carbocycles. The first kappa shape index (κ1) is 24.6. The van der Waals surface area contributed by atoms with Crippen molar-refractivity contribution in [1.82, 2.24) is 0 Å². The molecule has 0 saturated heterocycles. The second-order valence-electron chi connectivity index (χ2n) is 5.55.